The second kappa shape index (κ2) is 12.1. The number of likely N-dealkylation sites (tertiary alicyclic amines) is 1. The van der Waals surface area contributed by atoms with E-state index in [1.807, 2.05) is 23.1 Å². The Balaban J connectivity index is 1.44. The average Bonchev–Trinajstić information content (AvgIpc) is 3.39. The van der Waals surface area contributed by atoms with Crippen molar-refractivity contribution in [1.29, 1.82) is 5.41 Å². The van der Waals surface area contributed by atoms with Crippen LogP contribution in [0.2, 0.25) is 0 Å². The van der Waals surface area contributed by atoms with Gasteiger partial charge in [0.1, 0.15) is 5.54 Å². The summed E-state index contributed by atoms with van der Waals surface area (Å²) >= 11 is 0. The summed E-state index contributed by atoms with van der Waals surface area (Å²) in [6.45, 7) is 6.93. The summed E-state index contributed by atoms with van der Waals surface area (Å²) in [6.07, 6.45) is 8.24. The van der Waals surface area contributed by atoms with Gasteiger partial charge < -0.3 is 15.5 Å². The van der Waals surface area contributed by atoms with E-state index in [1.54, 1.807) is 4.90 Å². The molecule has 2 aliphatic heterocycles. The molecule has 33 heavy (non-hydrogen) atoms. The molecule has 2 fully saturated rings. The Labute approximate surface area is 198 Å². The van der Waals surface area contributed by atoms with Crippen molar-refractivity contribution in [1.82, 2.24) is 20.4 Å². The molecule has 0 radical (unpaired) electrons. The van der Waals surface area contributed by atoms with Crippen LogP contribution in [0.4, 0.5) is 4.79 Å². The number of amides is 3. The topological polar surface area (TPSA) is 88.5 Å². The van der Waals surface area contributed by atoms with Crippen molar-refractivity contribution in [3.8, 4) is 0 Å². The molecule has 2 saturated heterocycles. The lowest BCUT2D eigenvalue weighted by molar-refractivity contribution is -0.131. The molecule has 0 bridgehead atoms. The molecule has 1 atom stereocenters. The second-order valence-electron chi connectivity index (χ2n) is 9.58. The van der Waals surface area contributed by atoms with E-state index >= 15 is 0 Å². The first kappa shape index (κ1) is 25.1. The molecule has 3 rings (SSSR count). The van der Waals surface area contributed by atoms with Crippen molar-refractivity contribution < 1.29 is 9.59 Å². The number of guanidine groups is 1. The monoisotopic (exact) mass is 455 g/mol. The minimum absolute atomic E-state index is 0.00163. The van der Waals surface area contributed by atoms with E-state index in [9.17, 15) is 9.59 Å². The Morgan fingerprint density at radius 2 is 1.88 bits per heavy atom. The molecule has 7 heteroatoms. The van der Waals surface area contributed by atoms with Crippen molar-refractivity contribution in [3.63, 3.8) is 0 Å². The lowest BCUT2D eigenvalue weighted by atomic mass is 9.87. The first-order valence-electron chi connectivity index (χ1n) is 12.7. The molecule has 2 aliphatic rings. The minimum Gasteiger partial charge on any atom is -0.342 e. The number of rotatable bonds is 12. The molecular weight excluding hydrogens is 414 g/mol. The molecule has 1 unspecified atom stereocenters. The fourth-order valence-corrected chi connectivity index (χ4v) is 4.98. The van der Waals surface area contributed by atoms with Gasteiger partial charge in [-0.25, -0.2) is 4.79 Å². The number of hydrogen-bond acceptors (Lipinski definition) is 3. The zero-order chi connectivity index (χ0) is 23.7. The van der Waals surface area contributed by atoms with Gasteiger partial charge in [-0.1, -0.05) is 69.9 Å². The van der Waals surface area contributed by atoms with Gasteiger partial charge in [0.05, 0.1) is 0 Å². The Bertz CT molecular complexity index is 789. The van der Waals surface area contributed by atoms with Crippen LogP contribution in [0.25, 0.3) is 0 Å². The van der Waals surface area contributed by atoms with Crippen LogP contribution in [0, 0.1) is 11.3 Å². The van der Waals surface area contributed by atoms with Crippen molar-refractivity contribution in [2.45, 2.75) is 77.2 Å². The zero-order valence-electron chi connectivity index (χ0n) is 20.4. The average molecular weight is 456 g/mol. The number of benzene rings is 1. The van der Waals surface area contributed by atoms with Crippen LogP contribution in [0.5, 0.6) is 0 Å². The number of carbonyl (C=O) groups excluding carboxylic acids is 2. The molecule has 1 aromatic carbocycles. The highest BCUT2D eigenvalue weighted by molar-refractivity contribution is 6.07. The van der Waals surface area contributed by atoms with E-state index in [-0.39, 0.29) is 17.9 Å². The van der Waals surface area contributed by atoms with Crippen LogP contribution in [0.3, 0.4) is 0 Å². The SMILES string of the molecule is CCCCC1(CCCC)NC(=N)N(CCC2CCN(C(=O)NCCc3ccccc3)C2)C1=O. The molecule has 3 N–H and O–H groups in total. The van der Waals surface area contributed by atoms with Crippen LogP contribution >= 0.6 is 0 Å². The zero-order valence-corrected chi connectivity index (χ0v) is 20.4. The van der Waals surface area contributed by atoms with Crippen LogP contribution in [0.15, 0.2) is 30.3 Å². The molecule has 182 valence electrons. The van der Waals surface area contributed by atoms with Gasteiger partial charge in [0.15, 0.2) is 5.96 Å². The number of hydrogen-bond donors (Lipinski definition) is 3. The standard InChI is InChI=1S/C26H41N5O2/c1-3-5-15-26(16-6-4-2)23(32)31(24(27)29-26)19-14-22-13-18-30(20-22)25(33)28-17-12-21-10-8-7-9-11-21/h7-11,22H,3-6,12-20H2,1-2H3,(H2,27,29)(H,28,33). The highest BCUT2D eigenvalue weighted by atomic mass is 16.2. The third kappa shape index (κ3) is 6.49. The molecule has 0 saturated carbocycles. The number of urea groups is 1. The third-order valence-corrected chi connectivity index (χ3v) is 7.06. The molecule has 0 aromatic heterocycles. The summed E-state index contributed by atoms with van der Waals surface area (Å²) in [5, 5.41) is 14.7. The Kier molecular flexibility index (Phi) is 9.15. The Hall–Kier alpha value is -2.57. The predicted molar refractivity (Wildman–Crippen MR) is 132 cm³/mol. The summed E-state index contributed by atoms with van der Waals surface area (Å²) in [6, 6.07) is 10.2. The number of unbranched alkanes of at least 4 members (excludes halogenated alkanes) is 2. The molecule has 0 spiro atoms. The summed E-state index contributed by atoms with van der Waals surface area (Å²) in [5.41, 5.74) is 0.626. The largest absolute Gasteiger partial charge is 0.342 e. The lowest BCUT2D eigenvalue weighted by Gasteiger charge is -2.27. The van der Waals surface area contributed by atoms with Gasteiger partial charge >= 0.3 is 6.03 Å². The highest BCUT2D eigenvalue weighted by Gasteiger charge is 2.48. The lowest BCUT2D eigenvalue weighted by Crippen LogP contribution is -2.47. The number of nitrogens with zero attached hydrogens (tertiary/aromatic N) is 2. The molecule has 3 amide bonds. The minimum atomic E-state index is -0.594. The van der Waals surface area contributed by atoms with Gasteiger partial charge in [-0.05, 0) is 43.6 Å². The summed E-state index contributed by atoms with van der Waals surface area (Å²) < 4.78 is 0. The molecule has 2 heterocycles. The highest BCUT2D eigenvalue weighted by Crippen LogP contribution is 2.30. The summed E-state index contributed by atoms with van der Waals surface area (Å²) in [7, 11) is 0. The van der Waals surface area contributed by atoms with E-state index in [2.05, 4.69) is 36.6 Å². The molecule has 7 nitrogen and oxygen atoms in total. The van der Waals surface area contributed by atoms with Gasteiger partial charge in [0, 0.05) is 26.2 Å². The van der Waals surface area contributed by atoms with E-state index in [0.29, 0.717) is 19.0 Å². The summed E-state index contributed by atoms with van der Waals surface area (Å²) in [4.78, 5) is 29.4. The van der Waals surface area contributed by atoms with E-state index < -0.39 is 5.54 Å². The molecular formula is C26H41N5O2. The maximum atomic E-state index is 13.3. The van der Waals surface area contributed by atoms with Gasteiger partial charge in [0.25, 0.3) is 5.91 Å². The molecule has 0 aliphatic carbocycles. The van der Waals surface area contributed by atoms with Crippen LogP contribution in [-0.2, 0) is 11.2 Å². The predicted octanol–water partition coefficient (Wildman–Crippen LogP) is 4.14. The van der Waals surface area contributed by atoms with Crippen LogP contribution in [0.1, 0.15) is 70.8 Å². The van der Waals surface area contributed by atoms with Crippen LogP contribution < -0.4 is 10.6 Å². The fraction of sp³-hybridized carbons (Fsp3) is 0.654. The Morgan fingerprint density at radius 3 is 2.55 bits per heavy atom. The van der Waals surface area contributed by atoms with E-state index in [0.717, 1.165) is 70.9 Å². The van der Waals surface area contributed by atoms with Gasteiger partial charge in [-0.3, -0.25) is 15.1 Å². The summed E-state index contributed by atoms with van der Waals surface area (Å²) in [5.74, 6) is 0.690. The Morgan fingerprint density at radius 1 is 1.18 bits per heavy atom. The maximum absolute atomic E-state index is 13.3. The van der Waals surface area contributed by atoms with Gasteiger partial charge in [0.2, 0.25) is 0 Å². The first-order chi connectivity index (χ1) is 16.0. The fourth-order valence-electron chi connectivity index (χ4n) is 4.98. The normalized spacial score (nSPS) is 19.8. The van der Waals surface area contributed by atoms with Gasteiger partial charge in [-0.2, -0.15) is 0 Å². The van der Waals surface area contributed by atoms with Crippen molar-refractivity contribution >= 4 is 17.9 Å². The molecule has 1 aromatic rings. The van der Waals surface area contributed by atoms with Crippen molar-refractivity contribution in [3.05, 3.63) is 35.9 Å². The second-order valence-corrected chi connectivity index (χ2v) is 9.58. The number of carbonyl (C=O) groups is 2. The van der Waals surface area contributed by atoms with Crippen molar-refractivity contribution in [2.75, 3.05) is 26.2 Å². The first-order valence-corrected chi connectivity index (χ1v) is 12.7. The van der Waals surface area contributed by atoms with Gasteiger partial charge in [-0.15, -0.1) is 0 Å². The van der Waals surface area contributed by atoms with Crippen LogP contribution in [-0.4, -0.2) is 59.4 Å². The van der Waals surface area contributed by atoms with E-state index in [1.165, 1.54) is 5.56 Å². The smallest absolute Gasteiger partial charge is 0.317 e. The van der Waals surface area contributed by atoms with Crippen molar-refractivity contribution in [2.24, 2.45) is 5.92 Å². The van der Waals surface area contributed by atoms with E-state index in [4.69, 9.17) is 5.41 Å². The maximum Gasteiger partial charge on any atom is 0.317 e. The third-order valence-electron chi connectivity index (χ3n) is 7.06. The quantitative estimate of drug-likeness (QED) is 0.443. The number of nitrogens with one attached hydrogen (secondary N) is 3.